The smallest absolute Gasteiger partial charge is 0.177 e. The van der Waals surface area contributed by atoms with E-state index in [2.05, 4.69) is 10.4 Å². The number of benzene rings is 1. The van der Waals surface area contributed by atoms with Crippen LogP contribution in [0.1, 0.15) is 12.0 Å². The third-order valence-electron chi connectivity index (χ3n) is 4.83. The van der Waals surface area contributed by atoms with Crippen LogP contribution in [0.4, 0.5) is 23.0 Å². The van der Waals surface area contributed by atoms with Crippen LogP contribution in [0.3, 0.4) is 0 Å². The lowest BCUT2D eigenvalue weighted by Crippen LogP contribution is -2.22. The number of rotatable bonds is 7. The predicted molar refractivity (Wildman–Crippen MR) is 115 cm³/mol. The fourth-order valence-corrected chi connectivity index (χ4v) is 3.34. The van der Waals surface area contributed by atoms with Crippen molar-refractivity contribution in [1.82, 2.24) is 14.8 Å². The minimum absolute atomic E-state index is 0.0439. The lowest BCUT2D eigenvalue weighted by Gasteiger charge is -2.26. The van der Waals surface area contributed by atoms with Crippen molar-refractivity contribution in [2.24, 2.45) is 12.0 Å². The van der Waals surface area contributed by atoms with Crippen molar-refractivity contribution in [1.29, 1.82) is 0 Å². The number of nitrogens with one attached hydrogen (secondary N) is 1. The van der Waals surface area contributed by atoms with Crippen molar-refractivity contribution < 1.29 is 14.9 Å². The van der Waals surface area contributed by atoms with Crippen LogP contribution >= 0.6 is 0 Å². The molecule has 0 amide bonds. The largest absolute Gasteiger partial charge is 0.508 e. The summed E-state index contributed by atoms with van der Waals surface area (Å²) < 4.78 is 7.02. The molecule has 1 aromatic carbocycles. The van der Waals surface area contributed by atoms with E-state index in [1.807, 2.05) is 36.3 Å². The Bertz CT molecular complexity index is 1080. The van der Waals surface area contributed by atoms with Gasteiger partial charge in [0.15, 0.2) is 5.82 Å². The Balaban J connectivity index is 1.73. The zero-order valence-corrected chi connectivity index (χ0v) is 16.9. The summed E-state index contributed by atoms with van der Waals surface area (Å²) in [5, 5.41) is 27.0. The van der Waals surface area contributed by atoms with Crippen molar-refractivity contribution in [3.63, 3.8) is 0 Å². The van der Waals surface area contributed by atoms with Gasteiger partial charge in [0.05, 0.1) is 31.3 Å². The van der Waals surface area contributed by atoms with E-state index in [1.54, 1.807) is 30.1 Å². The third-order valence-corrected chi connectivity index (χ3v) is 4.83. The maximum absolute atomic E-state index is 10.1. The first-order chi connectivity index (χ1) is 14.6. The van der Waals surface area contributed by atoms with Crippen LogP contribution in [0.25, 0.3) is 0 Å². The molecule has 0 fully saturated rings. The molecule has 9 heteroatoms. The van der Waals surface area contributed by atoms with E-state index < -0.39 is 0 Å². The minimum Gasteiger partial charge on any atom is -0.508 e. The number of aliphatic imine (C=N–C) groups is 1. The third kappa shape index (κ3) is 4.06. The molecule has 3 heterocycles. The van der Waals surface area contributed by atoms with E-state index in [4.69, 9.17) is 14.7 Å². The number of phenols is 1. The van der Waals surface area contributed by atoms with Gasteiger partial charge in [0, 0.05) is 55.8 Å². The summed E-state index contributed by atoms with van der Waals surface area (Å²) in [6, 6.07) is 8.84. The van der Waals surface area contributed by atoms with Crippen molar-refractivity contribution in [2.45, 2.75) is 6.42 Å². The molecule has 30 heavy (non-hydrogen) atoms. The highest BCUT2D eigenvalue weighted by Crippen LogP contribution is 2.35. The number of hydrogen-bond acceptors (Lipinski definition) is 8. The van der Waals surface area contributed by atoms with Crippen molar-refractivity contribution in [3.05, 3.63) is 48.3 Å². The standard InChI is InChI=1S/C21H24N6O3/c1-26-13-14(11-23-26)19-12-22-18-4-5-20(25-21(18)24-19)27(6-3-7-28)15-8-16(29)10-17(9-15)30-2/h4-5,8-11,13,22,28-29H,3,6-7,12H2,1-2H3. The number of fused-ring (bicyclic) bond motifs is 1. The summed E-state index contributed by atoms with van der Waals surface area (Å²) in [7, 11) is 3.42. The van der Waals surface area contributed by atoms with Gasteiger partial charge in [0.2, 0.25) is 0 Å². The molecule has 0 aliphatic carbocycles. The SMILES string of the molecule is COc1cc(O)cc(N(CCCO)c2ccc3c(n2)N=C(c2cnn(C)c2)CN3)c1. The van der Waals surface area contributed by atoms with E-state index in [-0.39, 0.29) is 12.4 Å². The summed E-state index contributed by atoms with van der Waals surface area (Å²) >= 11 is 0. The van der Waals surface area contributed by atoms with E-state index >= 15 is 0 Å². The quantitative estimate of drug-likeness (QED) is 0.551. The van der Waals surface area contributed by atoms with E-state index in [1.165, 1.54) is 0 Å². The van der Waals surface area contributed by atoms with Crippen LogP contribution in [0, 0.1) is 0 Å². The van der Waals surface area contributed by atoms with Gasteiger partial charge in [-0.25, -0.2) is 9.98 Å². The summed E-state index contributed by atoms with van der Waals surface area (Å²) in [5.74, 6) is 1.87. The van der Waals surface area contributed by atoms with Gasteiger partial charge in [-0.05, 0) is 18.6 Å². The normalized spacial score (nSPS) is 12.7. The average Bonchev–Trinajstić information content (AvgIpc) is 3.19. The van der Waals surface area contributed by atoms with Gasteiger partial charge < -0.3 is 25.2 Å². The number of aromatic nitrogens is 3. The van der Waals surface area contributed by atoms with Crippen LogP contribution in [0.2, 0.25) is 0 Å². The number of aryl methyl sites for hydroxylation is 1. The maximum Gasteiger partial charge on any atom is 0.177 e. The van der Waals surface area contributed by atoms with Gasteiger partial charge in [-0.3, -0.25) is 4.68 Å². The zero-order valence-electron chi connectivity index (χ0n) is 16.9. The van der Waals surface area contributed by atoms with E-state index in [0.29, 0.717) is 42.6 Å². The van der Waals surface area contributed by atoms with Crippen molar-refractivity contribution in [2.75, 3.05) is 37.0 Å². The Hall–Kier alpha value is -3.59. The Morgan fingerprint density at radius 3 is 2.87 bits per heavy atom. The highest BCUT2D eigenvalue weighted by molar-refractivity contribution is 6.06. The molecule has 1 aliphatic rings. The first-order valence-corrected chi connectivity index (χ1v) is 9.65. The number of hydrogen-bond donors (Lipinski definition) is 3. The number of aromatic hydroxyl groups is 1. The number of methoxy groups -OCH3 is 1. The van der Waals surface area contributed by atoms with Gasteiger partial charge in [-0.2, -0.15) is 5.10 Å². The first kappa shape index (κ1) is 19.7. The van der Waals surface area contributed by atoms with Gasteiger partial charge in [0.1, 0.15) is 17.3 Å². The lowest BCUT2D eigenvalue weighted by molar-refractivity contribution is 0.290. The molecule has 0 radical (unpaired) electrons. The second kappa shape index (κ2) is 8.42. The van der Waals surface area contributed by atoms with Gasteiger partial charge in [-0.1, -0.05) is 0 Å². The van der Waals surface area contributed by atoms with Crippen molar-refractivity contribution in [3.8, 4) is 11.5 Å². The number of pyridine rings is 1. The average molecular weight is 408 g/mol. The highest BCUT2D eigenvalue weighted by Gasteiger charge is 2.19. The number of ether oxygens (including phenoxy) is 1. The number of nitrogens with zero attached hydrogens (tertiary/aromatic N) is 5. The number of anilines is 3. The van der Waals surface area contributed by atoms with Crippen LogP contribution in [0.15, 0.2) is 47.7 Å². The molecule has 0 unspecified atom stereocenters. The van der Waals surface area contributed by atoms with Crippen molar-refractivity contribution >= 4 is 28.7 Å². The number of phenolic OH excluding ortho intramolecular Hbond substituents is 1. The summed E-state index contributed by atoms with van der Waals surface area (Å²) in [6.45, 7) is 1.15. The molecular weight excluding hydrogens is 384 g/mol. The summed E-state index contributed by atoms with van der Waals surface area (Å²) in [4.78, 5) is 11.4. The molecule has 3 N–H and O–H groups in total. The number of aliphatic hydroxyl groups excluding tert-OH is 1. The molecule has 1 aliphatic heterocycles. The predicted octanol–water partition coefficient (Wildman–Crippen LogP) is 2.60. The number of aliphatic hydroxyl groups is 1. The van der Waals surface area contributed by atoms with Crippen LogP contribution in [0.5, 0.6) is 11.5 Å². The van der Waals surface area contributed by atoms with E-state index in [0.717, 1.165) is 17.0 Å². The fraction of sp³-hybridized carbons (Fsp3) is 0.286. The molecule has 0 bridgehead atoms. The minimum atomic E-state index is 0.0439. The molecular formula is C21H24N6O3. The lowest BCUT2D eigenvalue weighted by atomic mass is 10.2. The van der Waals surface area contributed by atoms with Gasteiger partial charge in [-0.15, -0.1) is 0 Å². The summed E-state index contributed by atoms with van der Waals surface area (Å²) in [6.07, 6.45) is 4.24. The molecule has 0 spiro atoms. The molecule has 0 saturated heterocycles. The van der Waals surface area contributed by atoms with Crippen LogP contribution in [-0.2, 0) is 7.05 Å². The second-order valence-electron chi connectivity index (χ2n) is 6.97. The van der Waals surface area contributed by atoms with Crippen LogP contribution < -0.4 is 15.0 Å². The Morgan fingerprint density at radius 1 is 1.27 bits per heavy atom. The molecule has 156 valence electrons. The first-order valence-electron chi connectivity index (χ1n) is 9.65. The zero-order chi connectivity index (χ0) is 21.1. The van der Waals surface area contributed by atoms with Gasteiger partial charge in [0.25, 0.3) is 0 Å². The summed E-state index contributed by atoms with van der Waals surface area (Å²) in [5.41, 5.74) is 3.37. The highest BCUT2D eigenvalue weighted by atomic mass is 16.5. The molecule has 3 aromatic rings. The topological polar surface area (TPSA) is 108 Å². The Morgan fingerprint density at radius 2 is 2.13 bits per heavy atom. The monoisotopic (exact) mass is 408 g/mol. The molecule has 0 atom stereocenters. The van der Waals surface area contributed by atoms with Gasteiger partial charge >= 0.3 is 0 Å². The molecule has 9 nitrogen and oxygen atoms in total. The second-order valence-corrected chi connectivity index (χ2v) is 6.97. The molecule has 0 saturated carbocycles. The Labute approximate surface area is 174 Å². The maximum atomic E-state index is 10.1. The fourth-order valence-electron chi connectivity index (χ4n) is 3.34. The van der Waals surface area contributed by atoms with E-state index in [9.17, 15) is 10.2 Å². The Kier molecular flexibility index (Phi) is 5.53. The molecule has 2 aromatic heterocycles. The van der Waals surface area contributed by atoms with Crippen LogP contribution in [-0.4, -0.2) is 57.5 Å². The molecule has 4 rings (SSSR count).